The molecule has 0 amide bonds. The Balaban J connectivity index is 1.80. The second-order valence-corrected chi connectivity index (χ2v) is 13.1. The van der Waals surface area contributed by atoms with Crippen LogP contribution in [-0.4, -0.2) is 45.7 Å². The molecule has 1 fully saturated rings. The average molecular weight is 306 g/mol. The summed E-state index contributed by atoms with van der Waals surface area (Å²) in [4.78, 5) is 5.15. The van der Waals surface area contributed by atoms with Gasteiger partial charge in [0.1, 0.15) is 0 Å². The fourth-order valence-corrected chi connectivity index (χ4v) is 4.19. The fourth-order valence-electron chi connectivity index (χ4n) is 2.97. The van der Waals surface area contributed by atoms with Crippen LogP contribution in [0, 0.1) is 0 Å². The van der Waals surface area contributed by atoms with Gasteiger partial charge in [0.2, 0.25) is 0 Å². The second kappa shape index (κ2) is 7.32. The molecule has 0 atom stereocenters. The quantitative estimate of drug-likeness (QED) is 0.667. The van der Waals surface area contributed by atoms with Crippen LogP contribution in [0.3, 0.4) is 0 Å². The third-order valence-corrected chi connectivity index (χ3v) is 6.10. The Labute approximate surface area is 131 Å². The summed E-state index contributed by atoms with van der Waals surface area (Å²) in [6.45, 7) is 13.4. The van der Waals surface area contributed by atoms with Crippen LogP contribution in [0.2, 0.25) is 25.7 Å². The topological polar surface area (TPSA) is 32.5 Å². The molecule has 0 bridgehead atoms. The molecule has 1 saturated heterocycles. The Bertz CT molecular complexity index is 425. The van der Waals surface area contributed by atoms with E-state index in [1.54, 1.807) is 0 Å². The summed E-state index contributed by atoms with van der Waals surface area (Å²) in [5, 5.41) is 0. The lowest BCUT2D eigenvalue weighted by Gasteiger charge is -2.24. The first-order valence-electron chi connectivity index (χ1n) is 8.27. The van der Waals surface area contributed by atoms with Gasteiger partial charge in [-0.2, -0.15) is 0 Å². The number of benzene rings is 1. The minimum Gasteiger partial charge on any atom is -0.399 e. The number of hydrogen-bond donors (Lipinski definition) is 1. The van der Waals surface area contributed by atoms with Gasteiger partial charge in [0, 0.05) is 39.1 Å². The number of rotatable bonds is 5. The van der Waals surface area contributed by atoms with Crippen LogP contribution in [-0.2, 0) is 0 Å². The zero-order valence-corrected chi connectivity index (χ0v) is 14.9. The first-order chi connectivity index (χ1) is 9.94. The van der Waals surface area contributed by atoms with E-state index in [-0.39, 0.29) is 0 Å². The smallest absolute Gasteiger partial charge is 0.0443 e. The van der Waals surface area contributed by atoms with Crippen molar-refractivity contribution in [2.24, 2.45) is 0 Å². The van der Waals surface area contributed by atoms with Gasteiger partial charge in [-0.05, 0) is 50.2 Å². The molecule has 1 aliphatic rings. The lowest BCUT2D eigenvalue weighted by Crippen LogP contribution is -2.32. The minimum atomic E-state index is -0.875. The summed E-state index contributed by atoms with van der Waals surface area (Å²) in [5.41, 5.74) is 7.94. The minimum absolute atomic E-state index is 0.849. The van der Waals surface area contributed by atoms with Crippen molar-refractivity contribution in [1.29, 1.82) is 0 Å². The van der Waals surface area contributed by atoms with Crippen molar-refractivity contribution in [3.8, 4) is 0 Å². The summed E-state index contributed by atoms with van der Waals surface area (Å²) in [6, 6.07) is 9.76. The molecule has 2 N–H and O–H groups in total. The first-order valence-corrected chi connectivity index (χ1v) is 12.0. The number of nitrogen functional groups attached to an aromatic ring is 1. The molecule has 0 radical (unpaired) electrons. The zero-order chi connectivity index (χ0) is 15.3. The lowest BCUT2D eigenvalue weighted by atomic mass is 10.2. The van der Waals surface area contributed by atoms with Crippen molar-refractivity contribution in [1.82, 2.24) is 4.90 Å². The normalized spacial score (nSPS) is 17.8. The number of hydrogen-bond acceptors (Lipinski definition) is 3. The lowest BCUT2D eigenvalue weighted by molar-refractivity contribution is 0.294. The molecule has 3 nitrogen and oxygen atoms in total. The van der Waals surface area contributed by atoms with Crippen molar-refractivity contribution >= 4 is 19.4 Å². The van der Waals surface area contributed by atoms with E-state index in [2.05, 4.69) is 41.6 Å². The van der Waals surface area contributed by atoms with E-state index in [1.807, 2.05) is 12.1 Å². The van der Waals surface area contributed by atoms with Crippen LogP contribution in [0.15, 0.2) is 24.3 Å². The third kappa shape index (κ3) is 5.71. The highest BCUT2D eigenvalue weighted by Crippen LogP contribution is 2.19. The van der Waals surface area contributed by atoms with Gasteiger partial charge in [-0.1, -0.05) is 25.7 Å². The van der Waals surface area contributed by atoms with Crippen molar-refractivity contribution in [2.45, 2.75) is 38.5 Å². The first kappa shape index (κ1) is 16.4. The summed E-state index contributed by atoms with van der Waals surface area (Å²) < 4.78 is 0. The van der Waals surface area contributed by atoms with E-state index < -0.39 is 8.07 Å². The Morgan fingerprint density at radius 1 is 1.00 bits per heavy atom. The predicted octanol–water partition coefficient (Wildman–Crippen LogP) is 3.51. The summed E-state index contributed by atoms with van der Waals surface area (Å²) in [5.74, 6) is 0. The average Bonchev–Trinajstić information content (AvgIpc) is 2.64. The fraction of sp³-hybridized carbons (Fsp3) is 0.647. The highest BCUT2D eigenvalue weighted by molar-refractivity contribution is 6.76. The number of nitrogens with zero attached hydrogens (tertiary/aromatic N) is 2. The van der Waals surface area contributed by atoms with E-state index in [0.717, 1.165) is 18.8 Å². The summed E-state index contributed by atoms with van der Waals surface area (Å²) >= 11 is 0. The SMILES string of the molecule is C[Si](C)(C)CCCN1CCCN(c2ccc(N)cc2)CC1. The van der Waals surface area contributed by atoms with Crippen LogP contribution in [0.4, 0.5) is 11.4 Å². The number of nitrogens with two attached hydrogens (primary N) is 1. The Hall–Kier alpha value is -1.00. The van der Waals surface area contributed by atoms with E-state index in [1.165, 1.54) is 44.2 Å². The highest BCUT2D eigenvalue weighted by atomic mass is 28.3. The molecule has 0 saturated carbocycles. The maximum atomic E-state index is 5.78. The van der Waals surface area contributed by atoms with E-state index in [0.29, 0.717) is 0 Å². The standard InChI is InChI=1S/C17H31N3Si/c1-21(2,3)15-5-11-19-10-4-12-20(14-13-19)17-8-6-16(18)7-9-17/h6-9H,4-5,10-15,18H2,1-3H3. The van der Waals surface area contributed by atoms with Crippen molar-refractivity contribution < 1.29 is 0 Å². The maximum absolute atomic E-state index is 5.78. The van der Waals surface area contributed by atoms with Crippen LogP contribution < -0.4 is 10.6 Å². The Kier molecular flexibility index (Phi) is 5.70. The molecule has 0 aliphatic carbocycles. The molecule has 0 spiro atoms. The van der Waals surface area contributed by atoms with Crippen molar-refractivity contribution in [2.75, 3.05) is 43.4 Å². The Morgan fingerprint density at radius 3 is 2.38 bits per heavy atom. The summed E-state index contributed by atoms with van der Waals surface area (Å²) in [7, 11) is -0.875. The molecular weight excluding hydrogens is 274 g/mol. The van der Waals surface area contributed by atoms with E-state index in [9.17, 15) is 0 Å². The molecular formula is C17H31N3Si. The van der Waals surface area contributed by atoms with Gasteiger partial charge in [-0.15, -0.1) is 0 Å². The molecule has 118 valence electrons. The van der Waals surface area contributed by atoms with E-state index >= 15 is 0 Å². The third-order valence-electron chi connectivity index (χ3n) is 4.25. The number of anilines is 2. The monoisotopic (exact) mass is 305 g/mol. The van der Waals surface area contributed by atoms with Gasteiger partial charge < -0.3 is 15.5 Å². The largest absolute Gasteiger partial charge is 0.399 e. The molecule has 4 heteroatoms. The molecule has 1 aliphatic heterocycles. The molecule has 1 heterocycles. The maximum Gasteiger partial charge on any atom is 0.0443 e. The summed E-state index contributed by atoms with van der Waals surface area (Å²) in [6.07, 6.45) is 2.63. The van der Waals surface area contributed by atoms with Gasteiger partial charge in [0.15, 0.2) is 0 Å². The van der Waals surface area contributed by atoms with Gasteiger partial charge >= 0.3 is 0 Å². The van der Waals surface area contributed by atoms with Gasteiger partial charge in [-0.3, -0.25) is 0 Å². The zero-order valence-electron chi connectivity index (χ0n) is 13.9. The van der Waals surface area contributed by atoms with Gasteiger partial charge in [-0.25, -0.2) is 0 Å². The van der Waals surface area contributed by atoms with Crippen molar-refractivity contribution in [3.05, 3.63) is 24.3 Å². The van der Waals surface area contributed by atoms with Crippen molar-refractivity contribution in [3.63, 3.8) is 0 Å². The van der Waals surface area contributed by atoms with Crippen LogP contribution >= 0.6 is 0 Å². The van der Waals surface area contributed by atoms with Crippen LogP contribution in [0.25, 0.3) is 0 Å². The molecule has 0 unspecified atom stereocenters. The molecule has 0 aromatic heterocycles. The van der Waals surface area contributed by atoms with Crippen LogP contribution in [0.1, 0.15) is 12.8 Å². The predicted molar refractivity (Wildman–Crippen MR) is 96.9 cm³/mol. The van der Waals surface area contributed by atoms with E-state index in [4.69, 9.17) is 5.73 Å². The highest BCUT2D eigenvalue weighted by Gasteiger charge is 2.17. The molecule has 21 heavy (non-hydrogen) atoms. The molecule has 2 rings (SSSR count). The van der Waals surface area contributed by atoms with Crippen LogP contribution in [0.5, 0.6) is 0 Å². The molecule has 1 aromatic carbocycles. The second-order valence-electron chi connectivity index (χ2n) is 7.44. The Morgan fingerprint density at radius 2 is 1.71 bits per heavy atom. The molecule has 1 aromatic rings. The van der Waals surface area contributed by atoms with Gasteiger partial charge in [0.05, 0.1) is 0 Å². The van der Waals surface area contributed by atoms with Gasteiger partial charge in [0.25, 0.3) is 0 Å².